The van der Waals surface area contributed by atoms with Crippen LogP contribution in [-0.4, -0.2) is 14.7 Å². The molecular weight excluding hydrogens is 324 g/mol. The van der Waals surface area contributed by atoms with Crippen LogP contribution < -0.4 is 5.32 Å². The molecule has 0 aliphatic heterocycles. The summed E-state index contributed by atoms with van der Waals surface area (Å²) in [5, 5.41) is 14.0. The van der Waals surface area contributed by atoms with Gasteiger partial charge in [-0.05, 0) is 11.1 Å². The van der Waals surface area contributed by atoms with Crippen LogP contribution in [0.1, 0.15) is 35.6 Å². The molecule has 2 atom stereocenters. The highest BCUT2D eigenvalue weighted by Crippen LogP contribution is 2.29. The Labute approximate surface area is 144 Å². The molecule has 2 aromatic carbocycles. The van der Waals surface area contributed by atoms with Crippen LogP contribution in [0.3, 0.4) is 0 Å². The van der Waals surface area contributed by atoms with E-state index in [1.165, 1.54) is 12.4 Å². The van der Waals surface area contributed by atoms with Gasteiger partial charge in [0.15, 0.2) is 0 Å². The summed E-state index contributed by atoms with van der Waals surface area (Å²) in [5.41, 5.74) is 1.62. The second-order valence-corrected chi connectivity index (χ2v) is 5.65. The van der Waals surface area contributed by atoms with Gasteiger partial charge in [-0.2, -0.15) is 8.78 Å². The summed E-state index contributed by atoms with van der Waals surface area (Å²) in [7, 11) is 0. The van der Waals surface area contributed by atoms with Gasteiger partial charge in [-0.25, -0.2) is 4.98 Å². The van der Waals surface area contributed by atoms with Crippen LogP contribution >= 0.6 is 0 Å². The first kappa shape index (κ1) is 17.3. The van der Waals surface area contributed by atoms with Gasteiger partial charge in [-0.1, -0.05) is 60.7 Å². The summed E-state index contributed by atoms with van der Waals surface area (Å²) in [6.07, 6.45) is 1.76. The molecule has 0 unspecified atom stereocenters. The number of rotatable bonds is 7. The lowest BCUT2D eigenvalue weighted by molar-refractivity contribution is 0.0656. The van der Waals surface area contributed by atoms with E-state index >= 15 is 0 Å². The molecular formula is C19H19F2N3O. The Bertz CT molecular complexity index is 778. The lowest BCUT2D eigenvalue weighted by Crippen LogP contribution is -2.28. The fourth-order valence-corrected chi connectivity index (χ4v) is 2.77. The van der Waals surface area contributed by atoms with Gasteiger partial charge in [0.2, 0.25) is 0 Å². The smallest absolute Gasteiger partial charge is 0.319 e. The molecule has 2 N–H and O–H groups in total. The fraction of sp³-hybridized carbons (Fsp3) is 0.211. The molecule has 1 heterocycles. The molecule has 0 radical (unpaired) electrons. The van der Waals surface area contributed by atoms with E-state index in [2.05, 4.69) is 10.3 Å². The van der Waals surface area contributed by atoms with Gasteiger partial charge >= 0.3 is 6.55 Å². The number of halogens is 2. The van der Waals surface area contributed by atoms with Crippen molar-refractivity contribution in [3.63, 3.8) is 0 Å². The first-order valence-electron chi connectivity index (χ1n) is 7.98. The fourth-order valence-electron chi connectivity index (χ4n) is 2.77. The van der Waals surface area contributed by atoms with Crippen LogP contribution in [-0.2, 0) is 6.54 Å². The van der Waals surface area contributed by atoms with Gasteiger partial charge in [-0.3, -0.25) is 4.57 Å². The van der Waals surface area contributed by atoms with Crippen molar-refractivity contribution in [3.05, 3.63) is 90.0 Å². The summed E-state index contributed by atoms with van der Waals surface area (Å²) in [6, 6.07) is 18.2. The van der Waals surface area contributed by atoms with E-state index in [1.54, 1.807) is 0 Å². The van der Waals surface area contributed by atoms with Crippen LogP contribution in [0.2, 0.25) is 0 Å². The zero-order valence-corrected chi connectivity index (χ0v) is 13.5. The van der Waals surface area contributed by atoms with Gasteiger partial charge in [0, 0.05) is 12.4 Å². The van der Waals surface area contributed by atoms with Crippen molar-refractivity contribution in [2.24, 2.45) is 0 Å². The number of hydrogen-bond donors (Lipinski definition) is 2. The third-order valence-corrected chi connectivity index (χ3v) is 4.05. The molecule has 3 aromatic rings. The third kappa shape index (κ3) is 4.10. The van der Waals surface area contributed by atoms with Gasteiger partial charge in [0.05, 0.1) is 18.7 Å². The molecule has 1 aromatic heterocycles. The maximum atomic E-state index is 13.0. The number of hydrogen-bond acceptors (Lipinski definition) is 3. The minimum Gasteiger partial charge on any atom is -0.386 e. The lowest BCUT2D eigenvalue weighted by Gasteiger charge is -2.25. The SMILES string of the molecule is O[C@@H](c1ccccc1)[C@H](NCc1nccn1C(F)F)c1ccccc1. The van der Waals surface area contributed by atoms with Crippen molar-refractivity contribution in [1.82, 2.24) is 14.9 Å². The summed E-state index contributed by atoms with van der Waals surface area (Å²) in [5.74, 6) is 0.219. The molecule has 0 amide bonds. The zero-order valence-electron chi connectivity index (χ0n) is 13.5. The Hall–Kier alpha value is -2.57. The van der Waals surface area contributed by atoms with Crippen LogP contribution in [0.15, 0.2) is 73.1 Å². The van der Waals surface area contributed by atoms with Crippen molar-refractivity contribution in [2.45, 2.75) is 25.2 Å². The first-order chi connectivity index (χ1) is 12.2. The van der Waals surface area contributed by atoms with E-state index in [9.17, 15) is 13.9 Å². The van der Waals surface area contributed by atoms with Gasteiger partial charge in [-0.15, -0.1) is 0 Å². The molecule has 130 valence electrons. The molecule has 0 saturated heterocycles. The average molecular weight is 343 g/mol. The normalized spacial score (nSPS) is 13.8. The van der Waals surface area contributed by atoms with Gasteiger partial charge < -0.3 is 10.4 Å². The summed E-state index contributed by atoms with van der Waals surface area (Å²) in [6.45, 7) is -2.53. The minimum atomic E-state index is -2.64. The number of aromatic nitrogens is 2. The molecule has 3 rings (SSSR count). The second kappa shape index (κ2) is 8.00. The quantitative estimate of drug-likeness (QED) is 0.685. The topological polar surface area (TPSA) is 50.1 Å². The largest absolute Gasteiger partial charge is 0.386 e. The van der Waals surface area contributed by atoms with Crippen molar-refractivity contribution in [1.29, 1.82) is 0 Å². The number of nitrogens with zero attached hydrogens (tertiary/aromatic N) is 2. The highest BCUT2D eigenvalue weighted by Gasteiger charge is 2.23. The van der Waals surface area contributed by atoms with Crippen molar-refractivity contribution >= 4 is 0 Å². The number of nitrogens with one attached hydrogen (secondary N) is 1. The van der Waals surface area contributed by atoms with E-state index in [0.29, 0.717) is 0 Å². The number of alkyl halides is 2. The molecule has 25 heavy (non-hydrogen) atoms. The summed E-state index contributed by atoms with van der Waals surface area (Å²) >= 11 is 0. The Balaban J connectivity index is 1.83. The summed E-state index contributed by atoms with van der Waals surface area (Å²) in [4.78, 5) is 3.97. The second-order valence-electron chi connectivity index (χ2n) is 5.65. The van der Waals surface area contributed by atoms with E-state index in [0.717, 1.165) is 15.7 Å². The number of aliphatic hydroxyl groups excluding tert-OH is 1. The van der Waals surface area contributed by atoms with Crippen LogP contribution in [0.5, 0.6) is 0 Å². The van der Waals surface area contributed by atoms with Gasteiger partial charge in [0.1, 0.15) is 5.82 Å². The van der Waals surface area contributed by atoms with Crippen molar-refractivity contribution in [3.8, 4) is 0 Å². The maximum absolute atomic E-state index is 13.0. The highest BCUT2D eigenvalue weighted by molar-refractivity contribution is 5.26. The zero-order chi connectivity index (χ0) is 17.6. The molecule has 4 nitrogen and oxygen atoms in total. The predicted octanol–water partition coefficient (Wildman–Crippen LogP) is 3.84. The molecule has 0 aliphatic rings. The van der Waals surface area contributed by atoms with E-state index in [1.807, 2.05) is 60.7 Å². The van der Waals surface area contributed by atoms with E-state index in [-0.39, 0.29) is 12.4 Å². The standard InChI is InChI=1S/C19H19F2N3O/c20-19(21)24-12-11-22-16(24)13-23-17(14-7-3-1-4-8-14)18(25)15-9-5-2-6-10-15/h1-12,17-19,23,25H,13H2/t17-,18+/m1/s1. The third-order valence-electron chi connectivity index (χ3n) is 4.05. The maximum Gasteiger partial charge on any atom is 0.319 e. The van der Waals surface area contributed by atoms with E-state index in [4.69, 9.17) is 0 Å². The highest BCUT2D eigenvalue weighted by atomic mass is 19.3. The van der Waals surface area contributed by atoms with Crippen LogP contribution in [0, 0.1) is 0 Å². The molecule has 0 saturated carbocycles. The number of aliphatic hydroxyl groups is 1. The van der Waals surface area contributed by atoms with Crippen LogP contribution in [0.25, 0.3) is 0 Å². The number of benzene rings is 2. The number of imidazole rings is 1. The van der Waals surface area contributed by atoms with Crippen molar-refractivity contribution in [2.75, 3.05) is 0 Å². The average Bonchev–Trinajstić information content (AvgIpc) is 3.12. The Morgan fingerprint density at radius 1 is 0.960 bits per heavy atom. The Morgan fingerprint density at radius 2 is 1.56 bits per heavy atom. The van der Waals surface area contributed by atoms with Crippen molar-refractivity contribution < 1.29 is 13.9 Å². The molecule has 0 aliphatic carbocycles. The summed E-state index contributed by atoms with van der Waals surface area (Å²) < 4.78 is 26.8. The Morgan fingerprint density at radius 3 is 2.16 bits per heavy atom. The van der Waals surface area contributed by atoms with Gasteiger partial charge in [0.25, 0.3) is 0 Å². The molecule has 0 fully saturated rings. The van der Waals surface area contributed by atoms with Crippen LogP contribution in [0.4, 0.5) is 8.78 Å². The molecule has 0 bridgehead atoms. The Kier molecular flexibility index (Phi) is 5.53. The minimum absolute atomic E-state index is 0.112. The first-order valence-corrected chi connectivity index (χ1v) is 7.98. The molecule has 6 heteroatoms. The molecule has 0 spiro atoms. The predicted molar refractivity (Wildman–Crippen MR) is 90.9 cm³/mol. The van der Waals surface area contributed by atoms with E-state index < -0.39 is 18.7 Å². The lowest BCUT2D eigenvalue weighted by atomic mass is 9.96. The monoisotopic (exact) mass is 343 g/mol.